The fourth-order valence-electron chi connectivity index (χ4n) is 1.62. The van der Waals surface area contributed by atoms with Crippen molar-refractivity contribution in [2.45, 2.75) is 13.8 Å². The standard InChI is InChI=1S/C16H16/c1-13-8-9-16(12-14(13)2)11-10-15-6-4-3-5-7-15/h3-12H,1-2H3/b11-10+. The van der Waals surface area contributed by atoms with Gasteiger partial charge in [0.05, 0.1) is 0 Å². The van der Waals surface area contributed by atoms with Crippen molar-refractivity contribution in [3.63, 3.8) is 0 Å². The van der Waals surface area contributed by atoms with Crippen molar-refractivity contribution in [1.29, 1.82) is 0 Å². The lowest BCUT2D eigenvalue weighted by atomic mass is 10.1. The highest BCUT2D eigenvalue weighted by Crippen LogP contribution is 2.12. The first-order valence-corrected chi connectivity index (χ1v) is 5.56. The van der Waals surface area contributed by atoms with Crippen LogP contribution in [0.4, 0.5) is 0 Å². The van der Waals surface area contributed by atoms with E-state index in [0.29, 0.717) is 0 Å². The molecule has 0 nitrogen and oxygen atoms in total. The molecule has 2 aromatic rings. The lowest BCUT2D eigenvalue weighted by Gasteiger charge is -2.00. The third-order valence-corrected chi connectivity index (χ3v) is 2.80. The SMILES string of the molecule is Cc1ccc(/C=C/c2ccccc2)cc1C. The van der Waals surface area contributed by atoms with E-state index in [-0.39, 0.29) is 0 Å². The van der Waals surface area contributed by atoms with Crippen LogP contribution in [0.3, 0.4) is 0 Å². The molecule has 0 spiro atoms. The maximum atomic E-state index is 2.22. The van der Waals surface area contributed by atoms with Gasteiger partial charge < -0.3 is 0 Å². The second-order valence-electron chi connectivity index (χ2n) is 4.09. The van der Waals surface area contributed by atoms with Crippen molar-refractivity contribution in [3.8, 4) is 0 Å². The van der Waals surface area contributed by atoms with Crippen LogP contribution in [0.5, 0.6) is 0 Å². The largest absolute Gasteiger partial charge is 0.0622 e. The summed E-state index contributed by atoms with van der Waals surface area (Å²) in [4.78, 5) is 0. The van der Waals surface area contributed by atoms with E-state index < -0.39 is 0 Å². The molecule has 0 amide bonds. The van der Waals surface area contributed by atoms with E-state index in [1.165, 1.54) is 22.3 Å². The normalized spacial score (nSPS) is 10.9. The van der Waals surface area contributed by atoms with Crippen LogP contribution in [0.15, 0.2) is 48.5 Å². The van der Waals surface area contributed by atoms with Crippen LogP contribution in [-0.2, 0) is 0 Å². The van der Waals surface area contributed by atoms with Crippen LogP contribution in [0.1, 0.15) is 22.3 Å². The molecule has 0 heteroatoms. The molecule has 0 fully saturated rings. The van der Waals surface area contributed by atoms with Gasteiger partial charge in [0.15, 0.2) is 0 Å². The maximum absolute atomic E-state index is 2.22. The Morgan fingerprint density at radius 3 is 2.06 bits per heavy atom. The first kappa shape index (κ1) is 10.7. The molecule has 0 N–H and O–H groups in total. The van der Waals surface area contributed by atoms with Gasteiger partial charge in [-0.3, -0.25) is 0 Å². The van der Waals surface area contributed by atoms with Gasteiger partial charge in [-0.05, 0) is 36.1 Å². The van der Waals surface area contributed by atoms with E-state index in [0.717, 1.165) is 0 Å². The number of benzene rings is 2. The molecular weight excluding hydrogens is 192 g/mol. The van der Waals surface area contributed by atoms with Gasteiger partial charge in [0.1, 0.15) is 0 Å². The summed E-state index contributed by atoms with van der Waals surface area (Å²) in [6.45, 7) is 4.29. The van der Waals surface area contributed by atoms with Gasteiger partial charge in [0.2, 0.25) is 0 Å². The summed E-state index contributed by atoms with van der Waals surface area (Å²) in [6.07, 6.45) is 4.30. The summed E-state index contributed by atoms with van der Waals surface area (Å²) < 4.78 is 0. The molecule has 2 aromatic carbocycles. The van der Waals surface area contributed by atoms with Crippen molar-refractivity contribution in [1.82, 2.24) is 0 Å². The fraction of sp³-hybridized carbons (Fsp3) is 0.125. The number of aryl methyl sites for hydroxylation is 2. The van der Waals surface area contributed by atoms with Gasteiger partial charge in [-0.15, -0.1) is 0 Å². The van der Waals surface area contributed by atoms with Crippen LogP contribution >= 0.6 is 0 Å². The highest BCUT2D eigenvalue weighted by Gasteiger charge is 1.92. The molecule has 0 aromatic heterocycles. The maximum Gasteiger partial charge on any atom is -0.0254 e. The second kappa shape index (κ2) is 4.80. The minimum Gasteiger partial charge on any atom is -0.0622 e. The van der Waals surface area contributed by atoms with Crippen LogP contribution in [0.2, 0.25) is 0 Å². The van der Waals surface area contributed by atoms with Crippen LogP contribution in [0, 0.1) is 13.8 Å². The average Bonchev–Trinajstić information content (AvgIpc) is 2.32. The Morgan fingerprint density at radius 1 is 0.688 bits per heavy atom. The molecule has 80 valence electrons. The Balaban J connectivity index is 2.21. The van der Waals surface area contributed by atoms with Crippen molar-refractivity contribution in [3.05, 3.63) is 70.8 Å². The zero-order valence-corrected chi connectivity index (χ0v) is 9.77. The van der Waals surface area contributed by atoms with Gasteiger partial charge in [-0.1, -0.05) is 60.7 Å². The molecule has 0 bridgehead atoms. The van der Waals surface area contributed by atoms with E-state index in [1.807, 2.05) is 6.07 Å². The summed E-state index contributed by atoms with van der Waals surface area (Å²) in [5, 5.41) is 0. The Hall–Kier alpha value is -1.82. The van der Waals surface area contributed by atoms with E-state index in [4.69, 9.17) is 0 Å². The van der Waals surface area contributed by atoms with Gasteiger partial charge in [-0.25, -0.2) is 0 Å². The smallest absolute Gasteiger partial charge is 0.0254 e. The summed E-state index contributed by atoms with van der Waals surface area (Å²) in [5.41, 5.74) is 5.18. The predicted molar refractivity (Wildman–Crippen MR) is 71.3 cm³/mol. The molecule has 0 saturated heterocycles. The molecule has 0 aliphatic rings. The van der Waals surface area contributed by atoms with E-state index in [1.54, 1.807) is 0 Å². The molecular formula is C16H16. The monoisotopic (exact) mass is 208 g/mol. The first-order valence-electron chi connectivity index (χ1n) is 5.56. The Bertz CT molecular complexity index is 493. The van der Waals surface area contributed by atoms with Gasteiger partial charge in [0.25, 0.3) is 0 Å². The lowest BCUT2D eigenvalue weighted by molar-refractivity contribution is 1.33. The molecule has 0 aliphatic carbocycles. The van der Waals surface area contributed by atoms with Gasteiger partial charge >= 0.3 is 0 Å². The number of hydrogen-bond acceptors (Lipinski definition) is 0. The van der Waals surface area contributed by atoms with Crippen molar-refractivity contribution in [2.75, 3.05) is 0 Å². The van der Waals surface area contributed by atoms with E-state index in [9.17, 15) is 0 Å². The molecule has 16 heavy (non-hydrogen) atoms. The Kier molecular flexibility index (Phi) is 3.21. The molecule has 0 heterocycles. The summed E-state index contributed by atoms with van der Waals surface area (Å²) in [7, 11) is 0. The third-order valence-electron chi connectivity index (χ3n) is 2.80. The predicted octanol–water partition coefficient (Wildman–Crippen LogP) is 4.47. The highest BCUT2D eigenvalue weighted by atomic mass is 14.0. The quantitative estimate of drug-likeness (QED) is 0.638. The Morgan fingerprint density at radius 2 is 1.38 bits per heavy atom. The minimum absolute atomic E-state index is 1.24. The zero-order chi connectivity index (χ0) is 11.4. The van der Waals surface area contributed by atoms with Crippen molar-refractivity contribution in [2.24, 2.45) is 0 Å². The van der Waals surface area contributed by atoms with Gasteiger partial charge in [0, 0.05) is 0 Å². The summed E-state index contributed by atoms with van der Waals surface area (Å²) >= 11 is 0. The van der Waals surface area contributed by atoms with Gasteiger partial charge in [-0.2, -0.15) is 0 Å². The van der Waals surface area contributed by atoms with Crippen LogP contribution < -0.4 is 0 Å². The highest BCUT2D eigenvalue weighted by molar-refractivity contribution is 5.69. The van der Waals surface area contributed by atoms with Crippen molar-refractivity contribution < 1.29 is 0 Å². The summed E-state index contributed by atoms with van der Waals surface area (Å²) in [5.74, 6) is 0. The average molecular weight is 208 g/mol. The van der Waals surface area contributed by atoms with Crippen LogP contribution in [-0.4, -0.2) is 0 Å². The zero-order valence-electron chi connectivity index (χ0n) is 9.77. The fourth-order valence-corrected chi connectivity index (χ4v) is 1.62. The van der Waals surface area contributed by atoms with Crippen molar-refractivity contribution >= 4 is 12.2 Å². The second-order valence-corrected chi connectivity index (χ2v) is 4.09. The van der Waals surface area contributed by atoms with Crippen LogP contribution in [0.25, 0.3) is 12.2 Å². The summed E-state index contributed by atoms with van der Waals surface area (Å²) in [6, 6.07) is 16.9. The molecule has 0 radical (unpaired) electrons. The lowest BCUT2D eigenvalue weighted by Crippen LogP contribution is -1.81. The molecule has 2 rings (SSSR count). The number of hydrogen-bond donors (Lipinski definition) is 0. The number of rotatable bonds is 2. The first-order chi connectivity index (χ1) is 7.75. The van der Waals surface area contributed by atoms with E-state index >= 15 is 0 Å². The molecule has 0 unspecified atom stereocenters. The minimum atomic E-state index is 1.24. The van der Waals surface area contributed by atoms with E-state index in [2.05, 4.69) is 68.5 Å². The Labute approximate surface area is 97.3 Å². The molecule has 0 saturated carbocycles. The topological polar surface area (TPSA) is 0 Å². The molecule has 0 atom stereocenters. The third kappa shape index (κ3) is 2.60. The molecule has 0 aliphatic heterocycles.